The predicted molar refractivity (Wildman–Crippen MR) is 95.3 cm³/mol. The summed E-state index contributed by atoms with van der Waals surface area (Å²) in [4.78, 5) is 16.9. The van der Waals surface area contributed by atoms with Crippen molar-refractivity contribution in [2.45, 2.75) is 27.3 Å². The quantitative estimate of drug-likeness (QED) is 0.786. The Hall–Kier alpha value is -2.95. The van der Waals surface area contributed by atoms with Crippen LogP contribution in [0.25, 0.3) is 5.69 Å². The van der Waals surface area contributed by atoms with Gasteiger partial charge < -0.3 is 9.88 Å². The molecule has 25 heavy (non-hydrogen) atoms. The van der Waals surface area contributed by atoms with Crippen LogP contribution < -0.4 is 5.32 Å². The van der Waals surface area contributed by atoms with Crippen LogP contribution in [0.4, 0.5) is 4.39 Å². The first-order valence-electron chi connectivity index (χ1n) is 8.11. The third-order valence-electron chi connectivity index (χ3n) is 4.29. The third kappa shape index (κ3) is 3.45. The number of rotatable bonds is 4. The molecule has 0 radical (unpaired) electrons. The number of carbonyl (C=O) groups excluding carboxylic acids is 1. The number of carbonyl (C=O) groups is 1. The number of pyridine rings is 1. The molecule has 4 nitrogen and oxygen atoms in total. The average molecular weight is 337 g/mol. The number of amides is 1. The number of aromatic nitrogens is 2. The summed E-state index contributed by atoms with van der Waals surface area (Å²) in [7, 11) is 0. The van der Waals surface area contributed by atoms with E-state index in [9.17, 15) is 9.18 Å². The SMILES string of the molecule is Cc1cccnc1CNC(=O)c1cc(C)n(-c2ccc(F)cc2)c1C. The van der Waals surface area contributed by atoms with Crippen molar-refractivity contribution in [3.63, 3.8) is 0 Å². The molecule has 1 aromatic carbocycles. The third-order valence-corrected chi connectivity index (χ3v) is 4.29. The number of nitrogens with one attached hydrogen (secondary N) is 1. The van der Waals surface area contributed by atoms with Gasteiger partial charge in [-0.05, 0) is 62.7 Å². The summed E-state index contributed by atoms with van der Waals surface area (Å²) in [6.07, 6.45) is 1.72. The van der Waals surface area contributed by atoms with Crippen LogP contribution >= 0.6 is 0 Å². The molecule has 0 aliphatic heterocycles. The lowest BCUT2D eigenvalue weighted by Crippen LogP contribution is -2.24. The van der Waals surface area contributed by atoms with Crippen LogP contribution in [0.1, 0.15) is 33.0 Å². The maximum atomic E-state index is 13.2. The molecule has 1 N–H and O–H groups in total. The molecule has 0 spiro atoms. The lowest BCUT2D eigenvalue weighted by molar-refractivity contribution is 0.0950. The van der Waals surface area contributed by atoms with Crippen LogP contribution in [0.2, 0.25) is 0 Å². The lowest BCUT2D eigenvalue weighted by Gasteiger charge is -2.10. The zero-order valence-corrected chi connectivity index (χ0v) is 14.5. The van der Waals surface area contributed by atoms with Gasteiger partial charge in [-0.2, -0.15) is 0 Å². The summed E-state index contributed by atoms with van der Waals surface area (Å²) in [5.74, 6) is -0.429. The molecule has 1 amide bonds. The Kier molecular flexibility index (Phi) is 4.65. The molecule has 0 saturated heterocycles. The molecule has 0 saturated carbocycles. The molecule has 0 unspecified atom stereocenters. The van der Waals surface area contributed by atoms with Crippen LogP contribution in [-0.2, 0) is 6.54 Å². The molecule has 0 aliphatic rings. The second-order valence-corrected chi connectivity index (χ2v) is 6.05. The van der Waals surface area contributed by atoms with Gasteiger partial charge in [-0.3, -0.25) is 9.78 Å². The number of halogens is 1. The van der Waals surface area contributed by atoms with Crippen molar-refractivity contribution >= 4 is 5.91 Å². The maximum Gasteiger partial charge on any atom is 0.253 e. The van der Waals surface area contributed by atoms with Crippen LogP contribution in [-0.4, -0.2) is 15.5 Å². The summed E-state index contributed by atoms with van der Waals surface area (Å²) in [6, 6.07) is 11.9. The highest BCUT2D eigenvalue weighted by Gasteiger charge is 2.16. The highest BCUT2D eigenvalue weighted by molar-refractivity contribution is 5.95. The maximum absolute atomic E-state index is 13.2. The van der Waals surface area contributed by atoms with Gasteiger partial charge in [-0.25, -0.2) is 4.39 Å². The van der Waals surface area contributed by atoms with Crippen molar-refractivity contribution < 1.29 is 9.18 Å². The van der Waals surface area contributed by atoms with E-state index in [-0.39, 0.29) is 11.7 Å². The Morgan fingerprint density at radius 1 is 1.16 bits per heavy atom. The summed E-state index contributed by atoms with van der Waals surface area (Å²) in [5.41, 5.74) is 5.07. The van der Waals surface area contributed by atoms with Crippen LogP contribution in [0.3, 0.4) is 0 Å². The van der Waals surface area contributed by atoms with E-state index < -0.39 is 0 Å². The smallest absolute Gasteiger partial charge is 0.253 e. The van der Waals surface area contributed by atoms with E-state index in [0.29, 0.717) is 12.1 Å². The Labute approximate surface area is 146 Å². The van der Waals surface area contributed by atoms with E-state index in [1.165, 1.54) is 12.1 Å². The largest absolute Gasteiger partial charge is 0.346 e. The summed E-state index contributed by atoms with van der Waals surface area (Å²) >= 11 is 0. The van der Waals surface area contributed by atoms with E-state index in [4.69, 9.17) is 0 Å². The van der Waals surface area contributed by atoms with Gasteiger partial charge >= 0.3 is 0 Å². The highest BCUT2D eigenvalue weighted by Crippen LogP contribution is 2.21. The Bertz CT molecular complexity index is 913. The molecule has 5 heteroatoms. The zero-order chi connectivity index (χ0) is 18.0. The van der Waals surface area contributed by atoms with Crippen LogP contribution in [0.5, 0.6) is 0 Å². The van der Waals surface area contributed by atoms with Gasteiger partial charge in [0.15, 0.2) is 0 Å². The molecule has 0 atom stereocenters. The van der Waals surface area contributed by atoms with Crippen molar-refractivity contribution in [3.05, 3.63) is 82.7 Å². The predicted octanol–water partition coefficient (Wildman–Crippen LogP) is 3.87. The first-order chi connectivity index (χ1) is 12.0. The van der Waals surface area contributed by atoms with E-state index in [1.54, 1.807) is 18.3 Å². The number of hydrogen-bond donors (Lipinski definition) is 1. The number of hydrogen-bond acceptors (Lipinski definition) is 2. The summed E-state index contributed by atoms with van der Waals surface area (Å²) < 4.78 is 15.1. The van der Waals surface area contributed by atoms with Gasteiger partial charge in [0.2, 0.25) is 0 Å². The minimum atomic E-state index is -0.282. The van der Waals surface area contributed by atoms with E-state index in [2.05, 4.69) is 10.3 Å². The van der Waals surface area contributed by atoms with Crippen molar-refractivity contribution in [2.75, 3.05) is 0 Å². The second kappa shape index (κ2) is 6.89. The van der Waals surface area contributed by atoms with Gasteiger partial charge in [0.1, 0.15) is 5.82 Å². The van der Waals surface area contributed by atoms with Crippen molar-refractivity contribution in [1.82, 2.24) is 14.9 Å². The van der Waals surface area contributed by atoms with Gasteiger partial charge in [-0.15, -0.1) is 0 Å². The van der Waals surface area contributed by atoms with Gasteiger partial charge in [0.25, 0.3) is 5.91 Å². The number of aryl methyl sites for hydroxylation is 2. The van der Waals surface area contributed by atoms with Gasteiger partial charge in [0.05, 0.1) is 17.8 Å². The van der Waals surface area contributed by atoms with E-state index >= 15 is 0 Å². The molecule has 0 fully saturated rings. The molecule has 0 bridgehead atoms. The monoisotopic (exact) mass is 337 g/mol. The molecule has 3 aromatic rings. The first-order valence-corrected chi connectivity index (χ1v) is 8.11. The molecule has 3 rings (SSSR count). The molecule has 2 aromatic heterocycles. The highest BCUT2D eigenvalue weighted by atomic mass is 19.1. The van der Waals surface area contributed by atoms with Crippen molar-refractivity contribution in [2.24, 2.45) is 0 Å². The first kappa shape index (κ1) is 16.9. The minimum Gasteiger partial charge on any atom is -0.346 e. The minimum absolute atomic E-state index is 0.147. The average Bonchev–Trinajstić information content (AvgIpc) is 2.89. The zero-order valence-electron chi connectivity index (χ0n) is 14.5. The van der Waals surface area contributed by atoms with Crippen LogP contribution in [0.15, 0.2) is 48.7 Å². The molecular weight excluding hydrogens is 317 g/mol. The van der Waals surface area contributed by atoms with Gasteiger partial charge in [-0.1, -0.05) is 6.07 Å². The van der Waals surface area contributed by atoms with Crippen molar-refractivity contribution in [1.29, 1.82) is 0 Å². The number of benzene rings is 1. The Morgan fingerprint density at radius 3 is 2.56 bits per heavy atom. The van der Waals surface area contributed by atoms with Gasteiger partial charge in [0, 0.05) is 23.3 Å². The molecule has 2 heterocycles. The van der Waals surface area contributed by atoms with E-state index in [0.717, 1.165) is 28.3 Å². The fourth-order valence-electron chi connectivity index (χ4n) is 2.94. The number of nitrogens with zero attached hydrogens (tertiary/aromatic N) is 2. The Balaban J connectivity index is 1.83. The molecule has 0 aliphatic carbocycles. The second-order valence-electron chi connectivity index (χ2n) is 6.05. The summed E-state index contributed by atoms with van der Waals surface area (Å²) in [6.45, 7) is 6.16. The van der Waals surface area contributed by atoms with Crippen molar-refractivity contribution in [3.8, 4) is 5.69 Å². The molecule has 128 valence electrons. The molecular formula is C20H20FN3O. The fraction of sp³-hybridized carbons (Fsp3) is 0.200. The standard InChI is InChI=1S/C20H20FN3O/c1-13-5-4-10-22-19(13)12-23-20(25)18-11-14(2)24(15(18)3)17-8-6-16(21)7-9-17/h4-11H,12H2,1-3H3,(H,23,25). The lowest BCUT2D eigenvalue weighted by atomic mass is 10.2. The Morgan fingerprint density at radius 2 is 1.88 bits per heavy atom. The fourth-order valence-corrected chi connectivity index (χ4v) is 2.94. The topological polar surface area (TPSA) is 46.9 Å². The normalized spacial score (nSPS) is 10.7. The van der Waals surface area contributed by atoms with E-state index in [1.807, 2.05) is 43.5 Å². The van der Waals surface area contributed by atoms with Crippen LogP contribution in [0, 0.1) is 26.6 Å². The summed E-state index contributed by atoms with van der Waals surface area (Å²) in [5, 5.41) is 2.92.